The third kappa shape index (κ3) is 8.73. The SMILES string of the molecule is Cc1nc(-c2ccc(N3CC(CN4CCN(S(=O)(=O)c5ccc(Cl)c(Cl)c5)CC4)OC3=O)cc2)no1.O=S(=O)(Cl)c1ccc(Cl)c(Cl)c1. The van der Waals surface area contributed by atoms with E-state index in [0.29, 0.717) is 66.7 Å². The average Bonchev–Trinajstić information content (AvgIpc) is 3.64. The summed E-state index contributed by atoms with van der Waals surface area (Å²) in [4.78, 5) is 20.5. The standard InChI is InChI=1S/C23H23Cl2N5O5S.C6H3Cl3O2S/c1-15-26-22(27-35-15)16-2-4-17(5-3-16)30-14-18(34-23(30)31)13-28-8-10-29(11-9-28)36(32,33)19-6-7-20(24)21(25)12-19;7-5-2-1-4(3-6(5)8)12(9,10)11/h2-7,12,18H,8-11,13-14H2,1H3;1-3H. The van der Waals surface area contributed by atoms with Crippen LogP contribution in [0.5, 0.6) is 0 Å². The smallest absolute Gasteiger partial charge is 0.414 e. The maximum Gasteiger partial charge on any atom is 0.414 e. The largest absolute Gasteiger partial charge is 0.443 e. The number of ether oxygens (including phenoxy) is 1. The number of cyclic esters (lactones) is 1. The number of sulfonamides is 1. The molecule has 1 atom stereocenters. The van der Waals surface area contributed by atoms with Gasteiger partial charge in [-0.25, -0.2) is 21.6 Å². The van der Waals surface area contributed by atoms with Crippen molar-refractivity contribution in [2.24, 2.45) is 0 Å². The molecule has 256 valence electrons. The van der Waals surface area contributed by atoms with E-state index >= 15 is 0 Å². The second-order valence-corrected chi connectivity index (χ2v) is 16.7. The quantitative estimate of drug-likeness (QED) is 0.188. The van der Waals surface area contributed by atoms with Crippen LogP contribution in [-0.2, 0) is 23.8 Å². The third-order valence-corrected chi connectivity index (χ3v) is 12.1. The third-order valence-electron chi connectivity index (χ3n) is 7.33. The number of aromatic nitrogens is 2. The van der Waals surface area contributed by atoms with E-state index in [1.165, 1.54) is 40.7 Å². The number of aryl methyl sites for hydroxylation is 1. The minimum Gasteiger partial charge on any atom is -0.443 e. The van der Waals surface area contributed by atoms with Gasteiger partial charge in [0.05, 0.1) is 36.4 Å². The van der Waals surface area contributed by atoms with Crippen molar-refractivity contribution in [1.82, 2.24) is 19.3 Å². The Hall–Kier alpha value is -2.66. The Morgan fingerprint density at radius 3 is 1.94 bits per heavy atom. The van der Waals surface area contributed by atoms with Crippen molar-refractivity contribution in [1.29, 1.82) is 0 Å². The van der Waals surface area contributed by atoms with Crippen molar-refractivity contribution in [2.75, 3.05) is 44.2 Å². The zero-order valence-corrected chi connectivity index (χ0v) is 30.3. The molecule has 1 unspecified atom stereocenters. The number of halogens is 5. The molecule has 0 radical (unpaired) electrons. The molecule has 0 saturated carbocycles. The van der Waals surface area contributed by atoms with Crippen LogP contribution in [-0.4, -0.2) is 87.6 Å². The molecule has 3 heterocycles. The van der Waals surface area contributed by atoms with Crippen molar-refractivity contribution in [3.8, 4) is 11.4 Å². The van der Waals surface area contributed by atoms with E-state index in [2.05, 4.69) is 15.0 Å². The van der Waals surface area contributed by atoms with E-state index in [0.717, 1.165) is 5.56 Å². The zero-order chi connectivity index (χ0) is 34.8. The van der Waals surface area contributed by atoms with Gasteiger partial charge in [0.25, 0.3) is 9.05 Å². The summed E-state index contributed by atoms with van der Waals surface area (Å²) in [5.74, 6) is 0.967. The van der Waals surface area contributed by atoms with Crippen LogP contribution in [0.3, 0.4) is 0 Å². The topological polar surface area (TPSA) is 143 Å². The lowest BCUT2D eigenvalue weighted by Gasteiger charge is -2.34. The summed E-state index contributed by atoms with van der Waals surface area (Å²) in [6.07, 6.45) is -0.737. The summed E-state index contributed by atoms with van der Waals surface area (Å²) in [6.45, 7) is 4.33. The van der Waals surface area contributed by atoms with E-state index in [4.69, 9.17) is 66.3 Å². The maximum atomic E-state index is 13.0. The zero-order valence-electron chi connectivity index (χ0n) is 24.9. The van der Waals surface area contributed by atoms with Crippen LogP contribution in [0, 0.1) is 6.92 Å². The molecule has 2 aliphatic rings. The molecule has 0 spiro atoms. The highest BCUT2D eigenvalue weighted by atomic mass is 35.7. The molecule has 0 aliphatic carbocycles. The van der Waals surface area contributed by atoms with Gasteiger partial charge in [-0.2, -0.15) is 9.29 Å². The van der Waals surface area contributed by atoms with E-state index in [1.807, 2.05) is 24.3 Å². The number of hydrogen-bond acceptors (Lipinski definition) is 10. The van der Waals surface area contributed by atoms with Crippen LogP contribution in [0.4, 0.5) is 10.5 Å². The number of hydrogen-bond donors (Lipinski definition) is 0. The van der Waals surface area contributed by atoms with Crippen LogP contribution in [0.2, 0.25) is 20.1 Å². The van der Waals surface area contributed by atoms with Crippen molar-refractivity contribution < 1.29 is 30.9 Å². The van der Waals surface area contributed by atoms with Gasteiger partial charge < -0.3 is 9.26 Å². The lowest BCUT2D eigenvalue weighted by Crippen LogP contribution is -2.50. The number of benzene rings is 3. The molecule has 48 heavy (non-hydrogen) atoms. The molecule has 12 nitrogen and oxygen atoms in total. The predicted molar refractivity (Wildman–Crippen MR) is 183 cm³/mol. The highest BCUT2D eigenvalue weighted by molar-refractivity contribution is 8.13. The minimum atomic E-state index is -3.71. The number of anilines is 1. The van der Waals surface area contributed by atoms with Crippen LogP contribution in [0.1, 0.15) is 5.89 Å². The molecule has 1 aromatic heterocycles. The summed E-state index contributed by atoms with van der Waals surface area (Å²) in [5.41, 5.74) is 1.50. The van der Waals surface area contributed by atoms with Crippen LogP contribution in [0.25, 0.3) is 11.4 Å². The first-order valence-electron chi connectivity index (χ1n) is 14.1. The van der Waals surface area contributed by atoms with Crippen molar-refractivity contribution in [2.45, 2.75) is 22.8 Å². The van der Waals surface area contributed by atoms with Gasteiger partial charge in [-0.1, -0.05) is 51.6 Å². The maximum absolute atomic E-state index is 13.0. The summed E-state index contributed by atoms with van der Waals surface area (Å²) >= 11 is 23.0. The van der Waals surface area contributed by atoms with Crippen LogP contribution in [0.15, 0.2) is 75.0 Å². The highest BCUT2D eigenvalue weighted by Gasteiger charge is 2.35. The molecule has 2 fully saturated rings. The fourth-order valence-electron chi connectivity index (χ4n) is 4.89. The van der Waals surface area contributed by atoms with Gasteiger partial charge in [0.2, 0.25) is 21.7 Å². The van der Waals surface area contributed by atoms with Crippen LogP contribution >= 0.6 is 57.1 Å². The number of carbonyl (C=O) groups is 1. The predicted octanol–water partition coefficient (Wildman–Crippen LogP) is 6.60. The van der Waals surface area contributed by atoms with Crippen molar-refractivity contribution in [3.05, 3.63) is 86.6 Å². The lowest BCUT2D eigenvalue weighted by atomic mass is 10.2. The lowest BCUT2D eigenvalue weighted by molar-refractivity contribution is 0.0937. The second-order valence-electron chi connectivity index (χ2n) is 10.6. The first kappa shape index (κ1) is 36.6. The van der Waals surface area contributed by atoms with E-state index in [1.54, 1.807) is 11.8 Å². The van der Waals surface area contributed by atoms with E-state index in [-0.39, 0.29) is 25.9 Å². The van der Waals surface area contributed by atoms with E-state index in [9.17, 15) is 21.6 Å². The molecule has 19 heteroatoms. The number of rotatable bonds is 7. The van der Waals surface area contributed by atoms with Gasteiger partial charge in [-0.15, -0.1) is 0 Å². The van der Waals surface area contributed by atoms with Crippen LogP contribution < -0.4 is 4.90 Å². The Morgan fingerprint density at radius 2 is 1.40 bits per heavy atom. The van der Waals surface area contributed by atoms with Gasteiger partial charge in [0.1, 0.15) is 6.10 Å². The summed E-state index contributed by atoms with van der Waals surface area (Å²) in [5, 5.41) is 4.86. The van der Waals surface area contributed by atoms with Gasteiger partial charge in [-0.3, -0.25) is 9.80 Å². The molecule has 2 aliphatic heterocycles. The van der Waals surface area contributed by atoms with Gasteiger partial charge in [0.15, 0.2) is 0 Å². The Bertz CT molecular complexity index is 2020. The number of carbonyl (C=O) groups excluding carboxylic acids is 1. The second kappa shape index (κ2) is 15.1. The first-order chi connectivity index (χ1) is 22.6. The molecule has 0 N–H and O–H groups in total. The molecule has 3 aromatic carbocycles. The summed E-state index contributed by atoms with van der Waals surface area (Å²) in [6, 6.07) is 15.5. The Labute approximate surface area is 301 Å². The Morgan fingerprint density at radius 1 is 0.812 bits per heavy atom. The number of nitrogens with zero attached hydrogens (tertiary/aromatic N) is 5. The van der Waals surface area contributed by atoms with Gasteiger partial charge in [0, 0.05) is 61.6 Å². The summed E-state index contributed by atoms with van der Waals surface area (Å²) in [7, 11) is -2.33. The van der Waals surface area contributed by atoms with Gasteiger partial charge in [-0.05, 0) is 60.7 Å². The fraction of sp³-hybridized carbons (Fsp3) is 0.276. The average molecular weight is 798 g/mol. The molecular weight excluding hydrogens is 772 g/mol. The van der Waals surface area contributed by atoms with Crippen molar-refractivity contribution in [3.63, 3.8) is 0 Å². The molecular formula is C29H26Cl5N5O7S2. The molecule has 6 rings (SSSR count). The monoisotopic (exact) mass is 795 g/mol. The van der Waals surface area contributed by atoms with Crippen molar-refractivity contribution >= 4 is 87.9 Å². The fourth-order valence-corrected chi connectivity index (χ4v) is 7.84. The summed E-state index contributed by atoms with van der Waals surface area (Å²) < 4.78 is 59.5. The normalized spacial score (nSPS) is 17.6. The molecule has 4 aromatic rings. The van der Waals surface area contributed by atoms with Gasteiger partial charge >= 0.3 is 6.09 Å². The minimum absolute atomic E-state index is 0.0569. The molecule has 0 bridgehead atoms. The Balaban J connectivity index is 0.000000318. The Kier molecular flexibility index (Phi) is 11.5. The number of amides is 1. The molecule has 2 saturated heterocycles. The number of piperazine rings is 1. The molecule has 1 amide bonds. The first-order valence-corrected chi connectivity index (χ1v) is 19.3. The highest BCUT2D eigenvalue weighted by Crippen LogP contribution is 2.29. The van der Waals surface area contributed by atoms with E-state index < -0.39 is 25.2 Å².